The second-order valence-electron chi connectivity index (χ2n) is 1.81. The number of amidine groups is 1. The molecule has 0 spiro atoms. The largest absolute Gasteiger partial charge is 0.282 e. The Morgan fingerprint density at radius 1 is 1.50 bits per heavy atom. The van der Waals surface area contributed by atoms with Crippen molar-refractivity contribution < 1.29 is 0 Å². The van der Waals surface area contributed by atoms with Gasteiger partial charge in [0.15, 0.2) is 5.84 Å². The summed E-state index contributed by atoms with van der Waals surface area (Å²) in [4.78, 5) is 7.48. The number of fused-ring (bicyclic) bond motifs is 1. The maximum atomic E-state index is 7.30. The molecule has 0 aromatic carbocycles. The van der Waals surface area contributed by atoms with Crippen LogP contribution in [-0.2, 0) is 0 Å². The molecule has 1 aromatic heterocycles. The first-order chi connectivity index (χ1) is 4.88. The molecule has 0 radical (unpaired) electrons. The second-order valence-corrected chi connectivity index (χ2v) is 2.71. The molecular formula is C6H3N3S. The number of hydrogen-bond donors (Lipinski definition) is 1. The fourth-order valence-corrected chi connectivity index (χ4v) is 1.47. The number of hydrogen-bond acceptors (Lipinski definition) is 3. The number of aliphatic imine (C=N–C) groups is 2. The van der Waals surface area contributed by atoms with Gasteiger partial charge < -0.3 is 0 Å². The fraction of sp³-hybridized carbons (Fsp3) is 0. The van der Waals surface area contributed by atoms with Crippen LogP contribution in [0.5, 0.6) is 0 Å². The van der Waals surface area contributed by atoms with Crippen LogP contribution < -0.4 is 0 Å². The molecule has 0 aliphatic carbocycles. The summed E-state index contributed by atoms with van der Waals surface area (Å²) < 4.78 is 0. The van der Waals surface area contributed by atoms with E-state index in [1.54, 1.807) is 0 Å². The normalized spacial score (nSPS) is 13.8. The average molecular weight is 149 g/mol. The smallest absolute Gasteiger partial charge is 0.166 e. The minimum atomic E-state index is 0.256. The number of rotatable bonds is 0. The Morgan fingerprint density at radius 3 is 3.20 bits per heavy atom. The molecule has 48 valence electrons. The van der Waals surface area contributed by atoms with Crippen molar-refractivity contribution in [2.75, 3.05) is 0 Å². The molecule has 0 bridgehead atoms. The minimum absolute atomic E-state index is 0.256. The van der Waals surface area contributed by atoms with Gasteiger partial charge in [0.1, 0.15) is 11.0 Å². The van der Waals surface area contributed by atoms with Gasteiger partial charge in [0, 0.05) is 0 Å². The van der Waals surface area contributed by atoms with E-state index >= 15 is 0 Å². The molecular weight excluding hydrogens is 146 g/mol. The molecule has 2 heterocycles. The Kier molecular flexibility index (Phi) is 1.03. The van der Waals surface area contributed by atoms with Gasteiger partial charge in [0.2, 0.25) is 0 Å². The summed E-state index contributed by atoms with van der Waals surface area (Å²) in [5.41, 5.74) is 0.809. The van der Waals surface area contributed by atoms with Gasteiger partial charge in [-0.15, -0.1) is 11.3 Å². The van der Waals surface area contributed by atoms with Crippen LogP contribution in [0.2, 0.25) is 0 Å². The molecule has 2 rings (SSSR count). The van der Waals surface area contributed by atoms with Crippen molar-refractivity contribution >= 4 is 28.2 Å². The van der Waals surface area contributed by atoms with E-state index in [0.29, 0.717) is 0 Å². The summed E-state index contributed by atoms with van der Waals surface area (Å²) in [6, 6.07) is 4.26. The van der Waals surface area contributed by atoms with Gasteiger partial charge >= 0.3 is 0 Å². The molecule has 1 aromatic rings. The van der Waals surface area contributed by atoms with E-state index < -0.39 is 0 Å². The van der Waals surface area contributed by atoms with Crippen LogP contribution in [0.3, 0.4) is 0 Å². The first-order valence-corrected chi connectivity index (χ1v) is 3.59. The Bertz CT molecular complexity index is 333. The van der Waals surface area contributed by atoms with Crippen molar-refractivity contribution in [3.63, 3.8) is 0 Å². The second kappa shape index (κ2) is 1.87. The zero-order chi connectivity index (χ0) is 6.97. The molecule has 0 saturated heterocycles. The average Bonchev–Trinajstić information content (AvgIpc) is 2.36. The molecule has 10 heavy (non-hydrogen) atoms. The third-order valence-electron chi connectivity index (χ3n) is 1.21. The number of nitrogens with zero attached hydrogens (tertiary/aromatic N) is 2. The van der Waals surface area contributed by atoms with Crippen molar-refractivity contribution in [2.24, 2.45) is 9.98 Å². The van der Waals surface area contributed by atoms with Crippen LogP contribution >= 0.6 is 11.3 Å². The lowest BCUT2D eigenvalue weighted by Crippen LogP contribution is -1.93. The Balaban J connectivity index is 2.75. The molecule has 0 fully saturated rings. The molecule has 0 unspecified atom stereocenters. The summed E-state index contributed by atoms with van der Waals surface area (Å²) in [7, 11) is 0. The lowest BCUT2D eigenvalue weighted by molar-refractivity contribution is 1.41. The van der Waals surface area contributed by atoms with E-state index in [-0.39, 0.29) is 5.84 Å². The van der Waals surface area contributed by atoms with E-state index in [1.165, 1.54) is 11.3 Å². The molecule has 0 amide bonds. The van der Waals surface area contributed by atoms with Gasteiger partial charge in [-0.05, 0) is 11.4 Å². The summed E-state index contributed by atoms with van der Waals surface area (Å²) >= 11 is 1.50. The van der Waals surface area contributed by atoms with Gasteiger partial charge in [0.25, 0.3) is 0 Å². The van der Waals surface area contributed by atoms with Crippen LogP contribution in [0.25, 0.3) is 0 Å². The molecule has 1 N–H and O–H groups in total. The van der Waals surface area contributed by atoms with E-state index in [4.69, 9.17) is 5.41 Å². The van der Waals surface area contributed by atoms with Gasteiger partial charge in [0.05, 0.1) is 5.56 Å². The lowest BCUT2D eigenvalue weighted by atomic mass is 10.3. The highest BCUT2D eigenvalue weighted by atomic mass is 32.1. The molecule has 0 saturated carbocycles. The Labute approximate surface area is 61.3 Å². The third kappa shape index (κ3) is 0.635. The van der Waals surface area contributed by atoms with Crippen molar-refractivity contribution in [3.8, 4) is 0 Å². The highest BCUT2D eigenvalue weighted by Gasteiger charge is 2.09. The van der Waals surface area contributed by atoms with Crippen LogP contribution in [0.4, 0.5) is 5.00 Å². The summed E-state index contributed by atoms with van der Waals surface area (Å²) in [5.74, 6) is 0.256. The van der Waals surface area contributed by atoms with Crippen LogP contribution in [0, 0.1) is 5.41 Å². The standard InChI is InChI=1S/C6H3N3S/c7-5-4-1-2-10-6(4)9-3-8-5/h1-2,7H. The molecule has 3 nitrogen and oxygen atoms in total. The Hall–Kier alpha value is -1.25. The van der Waals surface area contributed by atoms with Crippen molar-refractivity contribution in [1.29, 1.82) is 5.41 Å². The van der Waals surface area contributed by atoms with E-state index in [9.17, 15) is 0 Å². The fourth-order valence-electron chi connectivity index (χ4n) is 0.749. The van der Waals surface area contributed by atoms with E-state index in [2.05, 4.69) is 16.0 Å². The highest BCUT2D eigenvalue weighted by molar-refractivity contribution is 7.14. The SMILES string of the molecule is N=C1N=C=Nc2sccc21. The van der Waals surface area contributed by atoms with E-state index in [1.807, 2.05) is 11.4 Å². The van der Waals surface area contributed by atoms with E-state index in [0.717, 1.165) is 10.6 Å². The Morgan fingerprint density at radius 2 is 2.40 bits per heavy atom. The summed E-state index contributed by atoms with van der Waals surface area (Å²) in [6.45, 7) is 0. The van der Waals surface area contributed by atoms with Crippen molar-refractivity contribution in [3.05, 3.63) is 17.0 Å². The highest BCUT2D eigenvalue weighted by Crippen LogP contribution is 2.27. The van der Waals surface area contributed by atoms with Crippen LogP contribution in [0.1, 0.15) is 5.56 Å². The van der Waals surface area contributed by atoms with Crippen LogP contribution in [-0.4, -0.2) is 11.8 Å². The molecule has 4 heteroatoms. The van der Waals surface area contributed by atoms with Crippen molar-refractivity contribution in [2.45, 2.75) is 0 Å². The molecule has 0 atom stereocenters. The van der Waals surface area contributed by atoms with Gasteiger partial charge in [-0.1, -0.05) is 0 Å². The lowest BCUT2D eigenvalue weighted by Gasteiger charge is -1.95. The van der Waals surface area contributed by atoms with Gasteiger partial charge in [-0.25, -0.2) is 0 Å². The zero-order valence-corrected chi connectivity index (χ0v) is 5.77. The summed E-state index contributed by atoms with van der Waals surface area (Å²) in [5, 5.41) is 10.0. The summed E-state index contributed by atoms with van der Waals surface area (Å²) in [6.07, 6.45) is 0. The number of nitrogens with one attached hydrogen (secondary N) is 1. The maximum absolute atomic E-state index is 7.30. The molecule has 1 aliphatic heterocycles. The monoisotopic (exact) mass is 149 g/mol. The quantitative estimate of drug-likeness (QED) is 0.585. The van der Waals surface area contributed by atoms with Gasteiger partial charge in [-0.2, -0.15) is 9.98 Å². The molecule has 1 aliphatic rings. The predicted octanol–water partition coefficient (Wildman–Crippen LogP) is 1.89. The maximum Gasteiger partial charge on any atom is 0.166 e. The zero-order valence-electron chi connectivity index (χ0n) is 4.96. The number of thiophene rings is 1. The third-order valence-corrected chi connectivity index (χ3v) is 2.02. The first-order valence-electron chi connectivity index (χ1n) is 2.71. The minimum Gasteiger partial charge on any atom is -0.282 e. The first kappa shape index (κ1) is 5.53. The van der Waals surface area contributed by atoms with Crippen molar-refractivity contribution in [1.82, 2.24) is 0 Å². The topological polar surface area (TPSA) is 48.6 Å². The predicted molar refractivity (Wildman–Crippen MR) is 40.7 cm³/mol. The van der Waals surface area contributed by atoms with Crippen LogP contribution in [0.15, 0.2) is 21.4 Å². The van der Waals surface area contributed by atoms with Gasteiger partial charge in [-0.3, -0.25) is 5.41 Å².